The highest BCUT2D eigenvalue weighted by Crippen LogP contribution is 2.10. The van der Waals surface area contributed by atoms with E-state index in [4.69, 9.17) is 9.84 Å². The van der Waals surface area contributed by atoms with Crippen molar-refractivity contribution in [1.29, 1.82) is 0 Å². The van der Waals surface area contributed by atoms with Gasteiger partial charge in [-0.15, -0.1) is 6.58 Å². The molecule has 0 saturated carbocycles. The summed E-state index contributed by atoms with van der Waals surface area (Å²) in [5.41, 5.74) is 0.930. The van der Waals surface area contributed by atoms with Crippen LogP contribution in [0.15, 0.2) is 36.4 Å². The smallest absolute Gasteiger partial charge is 0.339 e. The van der Waals surface area contributed by atoms with Crippen LogP contribution in [0.4, 0.5) is 0 Å². The van der Waals surface area contributed by atoms with Gasteiger partial charge in [-0.25, -0.2) is 9.59 Å². The van der Waals surface area contributed by atoms with E-state index in [2.05, 4.69) is 6.58 Å². The Labute approximate surface area is 99.5 Å². The molecule has 90 valence electrons. The minimum atomic E-state index is -1.14. The Morgan fingerprint density at radius 3 is 2.41 bits per heavy atom. The van der Waals surface area contributed by atoms with E-state index in [1.165, 1.54) is 12.1 Å². The molecule has 0 spiro atoms. The van der Waals surface area contributed by atoms with Gasteiger partial charge < -0.3 is 9.84 Å². The van der Waals surface area contributed by atoms with Crippen LogP contribution in [-0.4, -0.2) is 23.7 Å². The topological polar surface area (TPSA) is 63.6 Å². The van der Waals surface area contributed by atoms with Gasteiger partial charge in [0.05, 0.1) is 17.7 Å². The Balaban J connectivity index is 2.75. The Morgan fingerprint density at radius 1 is 1.29 bits per heavy atom. The quantitative estimate of drug-likeness (QED) is 0.628. The molecule has 0 aliphatic heterocycles. The first kappa shape index (κ1) is 13.0. The van der Waals surface area contributed by atoms with Gasteiger partial charge in [0, 0.05) is 6.42 Å². The summed E-state index contributed by atoms with van der Waals surface area (Å²) in [7, 11) is 0. The first-order valence-corrected chi connectivity index (χ1v) is 5.16. The van der Waals surface area contributed by atoms with Crippen molar-refractivity contribution < 1.29 is 19.4 Å². The number of benzene rings is 1. The molecule has 1 aromatic rings. The maximum absolute atomic E-state index is 11.6. The van der Waals surface area contributed by atoms with Crippen molar-refractivity contribution in [3.63, 3.8) is 0 Å². The van der Waals surface area contributed by atoms with Crippen molar-refractivity contribution in [2.45, 2.75) is 13.3 Å². The summed E-state index contributed by atoms with van der Waals surface area (Å²) in [5.74, 6) is -1.76. The van der Waals surface area contributed by atoms with Gasteiger partial charge in [-0.1, -0.05) is 17.7 Å². The molecule has 0 amide bonds. The third kappa shape index (κ3) is 3.75. The lowest BCUT2D eigenvalue weighted by Gasteiger charge is -2.06. The van der Waals surface area contributed by atoms with E-state index < -0.39 is 11.9 Å². The summed E-state index contributed by atoms with van der Waals surface area (Å²) in [4.78, 5) is 22.5. The molecule has 4 heteroatoms. The molecule has 0 radical (unpaired) electrons. The van der Waals surface area contributed by atoms with Gasteiger partial charge in [0.1, 0.15) is 0 Å². The Hall–Kier alpha value is -2.10. The number of hydrogen-bond acceptors (Lipinski definition) is 3. The summed E-state index contributed by atoms with van der Waals surface area (Å²) in [6, 6.07) is 5.97. The van der Waals surface area contributed by atoms with Gasteiger partial charge in [0.15, 0.2) is 0 Å². The van der Waals surface area contributed by atoms with Crippen LogP contribution in [0.5, 0.6) is 0 Å². The van der Waals surface area contributed by atoms with Crippen LogP contribution in [0.1, 0.15) is 34.1 Å². The van der Waals surface area contributed by atoms with E-state index in [9.17, 15) is 9.59 Å². The SMILES string of the molecule is C=C(C)CCOC(=O)c1ccccc1C(=O)O. The molecular weight excluding hydrogens is 220 g/mol. The maximum atomic E-state index is 11.6. The van der Waals surface area contributed by atoms with Crippen LogP contribution >= 0.6 is 0 Å². The Morgan fingerprint density at radius 2 is 1.88 bits per heavy atom. The first-order chi connectivity index (χ1) is 8.02. The van der Waals surface area contributed by atoms with Crippen molar-refractivity contribution >= 4 is 11.9 Å². The lowest BCUT2D eigenvalue weighted by Crippen LogP contribution is -2.12. The van der Waals surface area contributed by atoms with Crippen LogP contribution in [0.25, 0.3) is 0 Å². The number of esters is 1. The Kier molecular flexibility index (Phi) is 4.46. The van der Waals surface area contributed by atoms with E-state index in [0.717, 1.165) is 5.57 Å². The number of carboxylic acids is 1. The van der Waals surface area contributed by atoms with Crippen molar-refractivity contribution in [2.24, 2.45) is 0 Å². The molecule has 0 atom stereocenters. The predicted molar refractivity (Wildman–Crippen MR) is 63.1 cm³/mol. The summed E-state index contributed by atoms with van der Waals surface area (Å²) < 4.78 is 4.97. The second kappa shape index (κ2) is 5.84. The highest BCUT2D eigenvalue weighted by atomic mass is 16.5. The molecule has 17 heavy (non-hydrogen) atoms. The molecule has 0 aliphatic carbocycles. The zero-order chi connectivity index (χ0) is 12.8. The highest BCUT2D eigenvalue weighted by molar-refractivity contribution is 6.02. The van der Waals surface area contributed by atoms with Gasteiger partial charge >= 0.3 is 11.9 Å². The largest absolute Gasteiger partial charge is 0.478 e. The Bertz CT molecular complexity index is 448. The molecule has 0 unspecified atom stereocenters. The second-order valence-corrected chi connectivity index (χ2v) is 3.69. The van der Waals surface area contributed by atoms with Gasteiger partial charge in [0.2, 0.25) is 0 Å². The molecule has 0 heterocycles. The van der Waals surface area contributed by atoms with Crippen molar-refractivity contribution in [3.05, 3.63) is 47.5 Å². The fraction of sp³-hybridized carbons (Fsp3) is 0.231. The number of rotatable bonds is 5. The van der Waals surface area contributed by atoms with E-state index >= 15 is 0 Å². The van der Waals surface area contributed by atoms with Crippen LogP contribution in [0, 0.1) is 0 Å². The fourth-order valence-electron chi connectivity index (χ4n) is 1.24. The number of carboxylic acid groups (broad SMARTS) is 1. The van der Waals surface area contributed by atoms with E-state index in [-0.39, 0.29) is 17.7 Å². The maximum Gasteiger partial charge on any atom is 0.339 e. The van der Waals surface area contributed by atoms with Gasteiger partial charge in [0.25, 0.3) is 0 Å². The number of ether oxygens (including phenoxy) is 1. The average Bonchev–Trinajstić information content (AvgIpc) is 2.28. The third-order valence-corrected chi connectivity index (χ3v) is 2.14. The van der Waals surface area contributed by atoms with Gasteiger partial charge in [-0.2, -0.15) is 0 Å². The number of carbonyl (C=O) groups excluding carboxylic acids is 1. The van der Waals surface area contributed by atoms with Crippen LogP contribution in [0.2, 0.25) is 0 Å². The average molecular weight is 234 g/mol. The summed E-state index contributed by atoms with van der Waals surface area (Å²) >= 11 is 0. The van der Waals surface area contributed by atoms with Crippen LogP contribution in [-0.2, 0) is 4.74 Å². The predicted octanol–water partition coefficient (Wildman–Crippen LogP) is 2.51. The lowest BCUT2D eigenvalue weighted by atomic mass is 10.1. The molecule has 0 fully saturated rings. The number of aromatic carboxylic acids is 1. The molecule has 0 aromatic heterocycles. The van der Waals surface area contributed by atoms with Crippen molar-refractivity contribution in [1.82, 2.24) is 0 Å². The lowest BCUT2D eigenvalue weighted by molar-refractivity contribution is 0.0498. The fourth-order valence-corrected chi connectivity index (χ4v) is 1.24. The van der Waals surface area contributed by atoms with Gasteiger partial charge in [-0.3, -0.25) is 0 Å². The zero-order valence-corrected chi connectivity index (χ0v) is 9.60. The highest BCUT2D eigenvalue weighted by Gasteiger charge is 2.16. The number of hydrogen-bond donors (Lipinski definition) is 1. The molecule has 0 bridgehead atoms. The molecule has 0 saturated heterocycles. The summed E-state index contributed by atoms with van der Waals surface area (Å²) in [5, 5.41) is 8.91. The minimum absolute atomic E-state index is 0.0483. The second-order valence-electron chi connectivity index (χ2n) is 3.69. The first-order valence-electron chi connectivity index (χ1n) is 5.16. The zero-order valence-electron chi connectivity index (χ0n) is 9.60. The molecular formula is C13H14O4. The van der Waals surface area contributed by atoms with Gasteiger partial charge in [-0.05, 0) is 19.1 Å². The van der Waals surface area contributed by atoms with Crippen LogP contribution in [0.3, 0.4) is 0 Å². The third-order valence-electron chi connectivity index (χ3n) is 2.14. The minimum Gasteiger partial charge on any atom is -0.478 e. The van der Waals surface area contributed by atoms with E-state index in [1.54, 1.807) is 12.1 Å². The molecule has 4 nitrogen and oxygen atoms in total. The van der Waals surface area contributed by atoms with Crippen molar-refractivity contribution in [2.75, 3.05) is 6.61 Å². The summed E-state index contributed by atoms with van der Waals surface area (Å²) in [6.45, 7) is 5.73. The van der Waals surface area contributed by atoms with E-state index in [1.807, 2.05) is 6.92 Å². The van der Waals surface area contributed by atoms with E-state index in [0.29, 0.717) is 6.42 Å². The normalized spacial score (nSPS) is 9.71. The molecule has 0 aliphatic rings. The van der Waals surface area contributed by atoms with Crippen LogP contribution < -0.4 is 0 Å². The molecule has 1 N–H and O–H groups in total. The molecule has 1 aromatic carbocycles. The standard InChI is InChI=1S/C13H14O4/c1-9(2)7-8-17-13(16)11-6-4-3-5-10(11)12(14)15/h3-6H,1,7-8H2,2H3,(H,14,15). The monoisotopic (exact) mass is 234 g/mol. The molecule has 1 rings (SSSR count). The summed E-state index contributed by atoms with van der Waals surface area (Å²) in [6.07, 6.45) is 0.570. The number of carbonyl (C=O) groups is 2. The van der Waals surface area contributed by atoms with Crippen molar-refractivity contribution in [3.8, 4) is 0 Å².